The van der Waals surface area contributed by atoms with Crippen LogP contribution in [0.3, 0.4) is 0 Å². The molecular formula is C19H19NO. The van der Waals surface area contributed by atoms with E-state index in [1.54, 1.807) is 0 Å². The summed E-state index contributed by atoms with van der Waals surface area (Å²) in [6, 6.07) is 15.8. The second kappa shape index (κ2) is 4.73. The molecule has 4 rings (SSSR count). The van der Waals surface area contributed by atoms with Crippen LogP contribution in [0.1, 0.15) is 47.2 Å². The summed E-state index contributed by atoms with van der Waals surface area (Å²) < 4.78 is 0. The molecule has 2 nitrogen and oxygen atoms in total. The summed E-state index contributed by atoms with van der Waals surface area (Å²) in [6.07, 6.45) is 6.44. The van der Waals surface area contributed by atoms with Crippen molar-refractivity contribution in [1.82, 2.24) is 0 Å². The van der Waals surface area contributed by atoms with Crippen molar-refractivity contribution in [3.8, 4) is 0 Å². The number of aryl methyl sites for hydroxylation is 1. The summed E-state index contributed by atoms with van der Waals surface area (Å²) in [6.45, 7) is 0. The molecule has 0 radical (unpaired) electrons. The number of rotatable bonds is 2. The molecule has 2 aromatic rings. The summed E-state index contributed by atoms with van der Waals surface area (Å²) in [5, 5.41) is 3.03. The number of carbonyl (C=O) groups excluding carboxylic acids is 1. The van der Waals surface area contributed by atoms with Crippen molar-refractivity contribution < 1.29 is 4.79 Å². The lowest BCUT2D eigenvalue weighted by Crippen LogP contribution is -2.17. The van der Waals surface area contributed by atoms with Gasteiger partial charge in [-0.3, -0.25) is 4.79 Å². The minimum Gasteiger partial charge on any atom is -0.322 e. The monoisotopic (exact) mass is 277 g/mol. The Bertz CT molecular complexity index is 686. The molecule has 0 saturated heterocycles. The maximum atomic E-state index is 12.2. The number of nitrogens with one attached hydrogen (secondary N) is 1. The van der Waals surface area contributed by atoms with Gasteiger partial charge in [0, 0.05) is 11.3 Å². The average molecular weight is 277 g/mol. The minimum atomic E-state index is -0.0313. The molecule has 1 amide bonds. The zero-order valence-electron chi connectivity index (χ0n) is 12.1. The van der Waals surface area contributed by atoms with Crippen LogP contribution in [0.4, 0.5) is 5.69 Å². The van der Waals surface area contributed by atoms with E-state index in [2.05, 4.69) is 17.4 Å². The minimum absolute atomic E-state index is 0.0313. The van der Waals surface area contributed by atoms with E-state index < -0.39 is 0 Å². The fraction of sp³-hybridized carbons (Fsp3) is 0.316. The molecule has 2 aliphatic rings. The van der Waals surface area contributed by atoms with Gasteiger partial charge in [-0.05, 0) is 72.9 Å². The van der Waals surface area contributed by atoms with Crippen LogP contribution in [0.15, 0.2) is 48.5 Å². The predicted molar refractivity (Wildman–Crippen MR) is 84.7 cm³/mol. The Hall–Kier alpha value is -2.09. The standard InChI is InChI=1S/C19H19NO/c21-18(15-5-2-1-3-6-15)20-16-9-8-14-7-4-10-19(11-12-19)17(14)13-16/h1-3,5-6,8-9,13H,4,7,10-12H2,(H,20,21). The molecule has 0 aliphatic heterocycles. The first-order valence-corrected chi connectivity index (χ1v) is 7.77. The Labute approximate surface area is 125 Å². The Morgan fingerprint density at radius 2 is 1.81 bits per heavy atom. The Morgan fingerprint density at radius 1 is 1.00 bits per heavy atom. The molecule has 2 heteroatoms. The molecule has 21 heavy (non-hydrogen) atoms. The molecule has 0 aromatic heterocycles. The normalized spacial score (nSPS) is 18.1. The van der Waals surface area contributed by atoms with Crippen LogP contribution in [-0.4, -0.2) is 5.91 Å². The highest BCUT2D eigenvalue weighted by atomic mass is 16.1. The van der Waals surface area contributed by atoms with Gasteiger partial charge in [-0.2, -0.15) is 0 Å². The zero-order valence-corrected chi connectivity index (χ0v) is 12.1. The number of benzene rings is 2. The van der Waals surface area contributed by atoms with E-state index in [0.29, 0.717) is 11.0 Å². The third-order valence-electron chi connectivity index (χ3n) is 4.93. The molecule has 2 aliphatic carbocycles. The van der Waals surface area contributed by atoms with E-state index >= 15 is 0 Å². The summed E-state index contributed by atoms with van der Waals surface area (Å²) in [7, 11) is 0. The SMILES string of the molecule is O=C(Nc1ccc2c(c1)C1(CCC2)CC1)c1ccccc1. The molecule has 1 fully saturated rings. The second-order valence-electron chi connectivity index (χ2n) is 6.33. The number of fused-ring (bicyclic) bond motifs is 2. The van der Waals surface area contributed by atoms with Crippen molar-refractivity contribution in [2.45, 2.75) is 37.5 Å². The summed E-state index contributed by atoms with van der Waals surface area (Å²) in [4.78, 5) is 12.2. The van der Waals surface area contributed by atoms with Gasteiger partial charge in [0.25, 0.3) is 5.91 Å². The molecule has 1 saturated carbocycles. The van der Waals surface area contributed by atoms with E-state index in [-0.39, 0.29) is 5.91 Å². The lowest BCUT2D eigenvalue weighted by molar-refractivity contribution is 0.102. The largest absolute Gasteiger partial charge is 0.322 e. The van der Waals surface area contributed by atoms with Crippen molar-refractivity contribution >= 4 is 11.6 Å². The number of hydrogen-bond acceptors (Lipinski definition) is 1. The Morgan fingerprint density at radius 3 is 2.57 bits per heavy atom. The average Bonchev–Trinajstić information content (AvgIpc) is 3.29. The van der Waals surface area contributed by atoms with Gasteiger partial charge in [0.1, 0.15) is 0 Å². The summed E-state index contributed by atoms with van der Waals surface area (Å²) in [5.74, 6) is -0.0313. The summed E-state index contributed by atoms with van der Waals surface area (Å²) in [5.41, 5.74) is 5.05. The number of hydrogen-bond donors (Lipinski definition) is 1. The van der Waals surface area contributed by atoms with Gasteiger partial charge in [-0.25, -0.2) is 0 Å². The van der Waals surface area contributed by atoms with Gasteiger partial charge >= 0.3 is 0 Å². The first-order chi connectivity index (χ1) is 10.3. The van der Waals surface area contributed by atoms with E-state index in [0.717, 1.165) is 5.69 Å². The van der Waals surface area contributed by atoms with Crippen LogP contribution in [0.2, 0.25) is 0 Å². The highest BCUT2D eigenvalue weighted by Gasteiger charge is 2.46. The van der Waals surface area contributed by atoms with E-state index in [1.807, 2.05) is 36.4 Å². The smallest absolute Gasteiger partial charge is 0.255 e. The van der Waals surface area contributed by atoms with Crippen molar-refractivity contribution in [2.24, 2.45) is 0 Å². The van der Waals surface area contributed by atoms with Crippen LogP contribution >= 0.6 is 0 Å². The van der Waals surface area contributed by atoms with Crippen LogP contribution in [0, 0.1) is 0 Å². The van der Waals surface area contributed by atoms with Gasteiger partial charge in [-0.1, -0.05) is 24.3 Å². The van der Waals surface area contributed by atoms with Crippen molar-refractivity contribution in [2.75, 3.05) is 5.32 Å². The molecule has 106 valence electrons. The van der Waals surface area contributed by atoms with Crippen molar-refractivity contribution in [3.63, 3.8) is 0 Å². The van der Waals surface area contributed by atoms with Crippen molar-refractivity contribution in [1.29, 1.82) is 0 Å². The van der Waals surface area contributed by atoms with Crippen LogP contribution in [0.5, 0.6) is 0 Å². The quantitative estimate of drug-likeness (QED) is 0.871. The molecule has 0 bridgehead atoms. The first-order valence-electron chi connectivity index (χ1n) is 7.77. The fourth-order valence-electron chi connectivity index (χ4n) is 3.58. The van der Waals surface area contributed by atoms with Gasteiger partial charge < -0.3 is 5.32 Å². The molecular weight excluding hydrogens is 258 g/mol. The third kappa shape index (κ3) is 2.25. The maximum absolute atomic E-state index is 12.2. The molecule has 1 N–H and O–H groups in total. The summed E-state index contributed by atoms with van der Waals surface area (Å²) >= 11 is 0. The van der Waals surface area contributed by atoms with Gasteiger partial charge in [0.2, 0.25) is 0 Å². The van der Waals surface area contributed by atoms with E-state index in [1.165, 1.54) is 43.2 Å². The highest BCUT2D eigenvalue weighted by Crippen LogP contribution is 2.55. The number of amides is 1. The van der Waals surface area contributed by atoms with E-state index in [4.69, 9.17) is 0 Å². The molecule has 0 unspecified atom stereocenters. The second-order valence-corrected chi connectivity index (χ2v) is 6.33. The molecule has 0 heterocycles. The lowest BCUT2D eigenvalue weighted by Gasteiger charge is -2.26. The molecule has 2 aromatic carbocycles. The Kier molecular flexibility index (Phi) is 2.85. The first kappa shape index (κ1) is 12.6. The van der Waals surface area contributed by atoms with Crippen molar-refractivity contribution in [3.05, 3.63) is 65.2 Å². The Balaban J connectivity index is 1.61. The van der Waals surface area contributed by atoms with Gasteiger partial charge in [0.05, 0.1) is 0 Å². The molecule has 1 spiro atoms. The number of anilines is 1. The van der Waals surface area contributed by atoms with Crippen LogP contribution < -0.4 is 5.32 Å². The van der Waals surface area contributed by atoms with Gasteiger partial charge in [0.15, 0.2) is 0 Å². The molecule has 0 atom stereocenters. The predicted octanol–water partition coefficient (Wildman–Crippen LogP) is 4.31. The topological polar surface area (TPSA) is 29.1 Å². The lowest BCUT2D eigenvalue weighted by atomic mass is 9.80. The third-order valence-corrected chi connectivity index (χ3v) is 4.93. The highest BCUT2D eigenvalue weighted by molar-refractivity contribution is 6.04. The van der Waals surface area contributed by atoms with Crippen LogP contribution in [0.25, 0.3) is 0 Å². The van der Waals surface area contributed by atoms with Gasteiger partial charge in [-0.15, -0.1) is 0 Å². The van der Waals surface area contributed by atoms with E-state index in [9.17, 15) is 4.79 Å². The zero-order chi connectivity index (χ0) is 14.3. The number of carbonyl (C=O) groups is 1. The maximum Gasteiger partial charge on any atom is 0.255 e. The fourth-order valence-corrected chi connectivity index (χ4v) is 3.58. The van der Waals surface area contributed by atoms with Crippen LogP contribution in [-0.2, 0) is 11.8 Å².